The predicted octanol–water partition coefficient (Wildman–Crippen LogP) is 3.22. The molecule has 19 heavy (non-hydrogen) atoms. The first-order valence-corrected chi connectivity index (χ1v) is 8.71. The van der Waals surface area contributed by atoms with Crippen molar-refractivity contribution in [2.45, 2.75) is 70.0 Å². The largest absolute Gasteiger partial charge is 0.303 e. The lowest BCUT2D eigenvalue weighted by Crippen LogP contribution is -2.42. The molecular weight excluding hydrogens is 264 g/mol. The molecule has 0 radical (unpaired) electrons. The van der Waals surface area contributed by atoms with Crippen LogP contribution in [0.25, 0.3) is 0 Å². The van der Waals surface area contributed by atoms with E-state index >= 15 is 0 Å². The quantitative estimate of drug-likeness (QED) is 0.637. The molecule has 3 atom stereocenters. The van der Waals surface area contributed by atoms with Gasteiger partial charge in [0.2, 0.25) is 0 Å². The second-order valence-electron chi connectivity index (χ2n) is 5.95. The van der Waals surface area contributed by atoms with E-state index in [1.807, 2.05) is 6.92 Å². The molecule has 3 unspecified atom stereocenters. The summed E-state index contributed by atoms with van der Waals surface area (Å²) in [5.41, 5.74) is 0. The van der Waals surface area contributed by atoms with Crippen molar-refractivity contribution in [1.82, 2.24) is 0 Å². The standard InChI is InChI=1S/C14H26O4S/c1-3-14(2,19(16,17)18)13-9-5-4-7-12(11-15)8-6-10-13/h11-13H,3-10H2,1-2H3,(H,16,17,18). The smallest absolute Gasteiger partial charge is 0.270 e. The minimum Gasteiger partial charge on any atom is -0.303 e. The molecule has 0 saturated heterocycles. The summed E-state index contributed by atoms with van der Waals surface area (Å²) in [6, 6.07) is 0. The van der Waals surface area contributed by atoms with Gasteiger partial charge >= 0.3 is 0 Å². The molecule has 0 heterocycles. The van der Waals surface area contributed by atoms with Crippen molar-refractivity contribution in [3.63, 3.8) is 0 Å². The van der Waals surface area contributed by atoms with Crippen LogP contribution in [-0.4, -0.2) is 24.0 Å². The summed E-state index contributed by atoms with van der Waals surface area (Å²) in [5, 5.41) is 0. The van der Waals surface area contributed by atoms with Crippen molar-refractivity contribution in [2.24, 2.45) is 11.8 Å². The lowest BCUT2D eigenvalue weighted by molar-refractivity contribution is -0.111. The summed E-state index contributed by atoms with van der Waals surface area (Å²) in [7, 11) is -4.04. The Hall–Kier alpha value is -0.420. The molecule has 0 aliphatic heterocycles. The van der Waals surface area contributed by atoms with Gasteiger partial charge in [0.05, 0.1) is 4.75 Å². The van der Waals surface area contributed by atoms with Crippen LogP contribution in [-0.2, 0) is 14.9 Å². The van der Waals surface area contributed by atoms with Crippen molar-refractivity contribution in [1.29, 1.82) is 0 Å². The average Bonchev–Trinajstić information content (AvgIpc) is 2.47. The highest BCUT2D eigenvalue weighted by atomic mass is 32.2. The van der Waals surface area contributed by atoms with Gasteiger partial charge in [0.15, 0.2) is 0 Å². The van der Waals surface area contributed by atoms with Gasteiger partial charge in [-0.25, -0.2) is 0 Å². The van der Waals surface area contributed by atoms with Crippen LogP contribution < -0.4 is 0 Å². The second-order valence-corrected chi connectivity index (χ2v) is 7.83. The lowest BCUT2D eigenvalue weighted by Gasteiger charge is -2.34. The Balaban J connectivity index is 2.84. The maximum absolute atomic E-state index is 11.7. The predicted molar refractivity (Wildman–Crippen MR) is 75.6 cm³/mol. The number of hydrogen-bond donors (Lipinski definition) is 1. The molecule has 1 aliphatic carbocycles. The molecule has 1 saturated carbocycles. The van der Waals surface area contributed by atoms with Crippen molar-refractivity contribution in [2.75, 3.05) is 0 Å². The Bertz CT molecular complexity index is 390. The van der Waals surface area contributed by atoms with Crippen LogP contribution in [0.15, 0.2) is 0 Å². The summed E-state index contributed by atoms with van der Waals surface area (Å²) in [4.78, 5) is 10.9. The van der Waals surface area contributed by atoms with Gasteiger partial charge in [-0.1, -0.05) is 26.2 Å². The topological polar surface area (TPSA) is 71.4 Å². The monoisotopic (exact) mass is 290 g/mol. The van der Waals surface area contributed by atoms with E-state index in [-0.39, 0.29) is 11.8 Å². The summed E-state index contributed by atoms with van der Waals surface area (Å²) in [5.74, 6) is 0.107. The first-order chi connectivity index (χ1) is 8.85. The molecule has 112 valence electrons. The summed E-state index contributed by atoms with van der Waals surface area (Å²) < 4.78 is 31.9. The zero-order valence-corrected chi connectivity index (χ0v) is 12.8. The molecule has 0 amide bonds. The van der Waals surface area contributed by atoms with Gasteiger partial charge in [0.25, 0.3) is 10.1 Å². The molecular formula is C14H26O4S. The van der Waals surface area contributed by atoms with Crippen LogP contribution in [0.1, 0.15) is 65.2 Å². The highest BCUT2D eigenvalue weighted by molar-refractivity contribution is 7.87. The van der Waals surface area contributed by atoms with E-state index < -0.39 is 14.9 Å². The zero-order valence-electron chi connectivity index (χ0n) is 12.0. The number of rotatable bonds is 4. The Labute approximate surface area is 116 Å². The van der Waals surface area contributed by atoms with Gasteiger partial charge in [-0.3, -0.25) is 4.55 Å². The van der Waals surface area contributed by atoms with Crippen LogP contribution in [0.5, 0.6) is 0 Å². The third kappa shape index (κ3) is 4.02. The van der Waals surface area contributed by atoms with E-state index in [9.17, 15) is 17.8 Å². The van der Waals surface area contributed by atoms with Crippen molar-refractivity contribution in [3.05, 3.63) is 0 Å². The van der Waals surface area contributed by atoms with E-state index in [2.05, 4.69) is 0 Å². The van der Waals surface area contributed by atoms with Crippen molar-refractivity contribution < 1.29 is 17.8 Å². The fraction of sp³-hybridized carbons (Fsp3) is 0.929. The van der Waals surface area contributed by atoms with Crippen LogP contribution in [0.3, 0.4) is 0 Å². The van der Waals surface area contributed by atoms with Gasteiger partial charge in [0.1, 0.15) is 6.29 Å². The number of carbonyl (C=O) groups excluding carboxylic acids is 1. The fourth-order valence-corrected chi connectivity index (χ4v) is 4.16. The fourth-order valence-electron chi connectivity index (χ4n) is 3.14. The first kappa shape index (κ1) is 16.6. The van der Waals surface area contributed by atoms with Gasteiger partial charge in [-0.2, -0.15) is 8.42 Å². The van der Waals surface area contributed by atoms with Gasteiger partial charge in [-0.05, 0) is 44.9 Å². The molecule has 1 rings (SSSR count). The number of aldehydes is 1. The normalized spacial score (nSPS) is 29.6. The molecule has 1 fully saturated rings. The molecule has 0 bridgehead atoms. The molecule has 1 aliphatic rings. The third-order valence-electron chi connectivity index (χ3n) is 4.85. The Morgan fingerprint density at radius 2 is 1.68 bits per heavy atom. The first-order valence-electron chi connectivity index (χ1n) is 7.27. The van der Waals surface area contributed by atoms with Gasteiger partial charge < -0.3 is 4.79 Å². The zero-order chi connectivity index (χ0) is 14.5. The average molecular weight is 290 g/mol. The number of hydrogen-bond acceptors (Lipinski definition) is 3. The minimum atomic E-state index is -4.04. The molecule has 0 aromatic heterocycles. The van der Waals surface area contributed by atoms with Crippen molar-refractivity contribution >= 4 is 16.4 Å². The Morgan fingerprint density at radius 3 is 2.21 bits per heavy atom. The van der Waals surface area contributed by atoms with E-state index in [1.54, 1.807) is 6.92 Å². The SMILES string of the molecule is CCC(C)(C1CCCCC(C=O)CCC1)S(=O)(=O)O. The molecule has 0 aromatic rings. The summed E-state index contributed by atoms with van der Waals surface area (Å²) >= 11 is 0. The maximum Gasteiger partial charge on any atom is 0.270 e. The van der Waals surface area contributed by atoms with E-state index in [1.165, 1.54) is 0 Å². The lowest BCUT2D eigenvalue weighted by atomic mass is 9.83. The van der Waals surface area contributed by atoms with Gasteiger partial charge in [0, 0.05) is 5.92 Å². The van der Waals surface area contributed by atoms with Crippen LogP contribution in [0.2, 0.25) is 0 Å². The molecule has 1 N–H and O–H groups in total. The van der Waals surface area contributed by atoms with Crippen LogP contribution in [0, 0.1) is 11.8 Å². The molecule has 0 spiro atoms. The Kier molecular flexibility index (Phi) is 5.99. The van der Waals surface area contributed by atoms with Crippen molar-refractivity contribution in [3.8, 4) is 0 Å². The van der Waals surface area contributed by atoms with E-state index in [4.69, 9.17) is 0 Å². The van der Waals surface area contributed by atoms with E-state index in [0.717, 1.165) is 51.2 Å². The highest BCUT2D eigenvalue weighted by Crippen LogP contribution is 2.38. The third-order valence-corrected chi connectivity index (χ3v) is 6.65. The van der Waals surface area contributed by atoms with Crippen LogP contribution in [0.4, 0.5) is 0 Å². The number of carbonyl (C=O) groups is 1. The minimum absolute atomic E-state index is 0.0158. The summed E-state index contributed by atoms with van der Waals surface area (Å²) in [6.45, 7) is 3.47. The van der Waals surface area contributed by atoms with Crippen LogP contribution >= 0.6 is 0 Å². The molecule has 0 aromatic carbocycles. The van der Waals surface area contributed by atoms with Gasteiger partial charge in [-0.15, -0.1) is 0 Å². The molecule has 4 nitrogen and oxygen atoms in total. The highest BCUT2D eigenvalue weighted by Gasteiger charge is 2.43. The Morgan fingerprint density at radius 1 is 1.16 bits per heavy atom. The molecule has 5 heteroatoms. The summed E-state index contributed by atoms with van der Waals surface area (Å²) in [6.07, 6.45) is 7.54. The maximum atomic E-state index is 11.7. The second kappa shape index (κ2) is 6.84. The van der Waals surface area contributed by atoms with E-state index in [0.29, 0.717) is 6.42 Å².